The summed E-state index contributed by atoms with van der Waals surface area (Å²) in [6.45, 7) is 1.04. The lowest BCUT2D eigenvalue weighted by molar-refractivity contribution is -0.678. The average molecular weight is 299 g/mol. The first-order valence-electron chi connectivity index (χ1n) is 8.50. The highest BCUT2D eigenvalue weighted by Crippen LogP contribution is 2.28. The molecule has 0 aliphatic heterocycles. The number of aromatic nitrogens is 1. The van der Waals surface area contributed by atoms with E-state index < -0.39 is 0 Å². The third-order valence-electron chi connectivity index (χ3n) is 4.62. The van der Waals surface area contributed by atoms with Crippen LogP contribution in [0.5, 0.6) is 0 Å². The van der Waals surface area contributed by atoms with E-state index in [1.807, 2.05) is 31.3 Å². The molecule has 0 radical (unpaired) electrons. The molecular weight excluding hydrogens is 272 g/mol. The summed E-state index contributed by atoms with van der Waals surface area (Å²) in [6.07, 6.45) is 12.4. The predicted molar refractivity (Wildman–Crippen MR) is 90.3 cm³/mol. The standard InChI is InChI=1S/C19H27N2O/c1-20(2)15-13-19-21(14-7-10-16-8-3-4-9-16)17-11-5-6-12-18(17)22-19/h5-6,11-13,15-16H,3-4,7-10,14H2,1-2H3/q+1. The van der Waals surface area contributed by atoms with Gasteiger partial charge in [-0.3, -0.25) is 0 Å². The number of rotatable bonds is 6. The fourth-order valence-electron chi connectivity index (χ4n) is 3.46. The number of hydrogen-bond donors (Lipinski definition) is 0. The van der Waals surface area contributed by atoms with Gasteiger partial charge in [0.15, 0.2) is 6.54 Å². The molecule has 3 nitrogen and oxygen atoms in total. The van der Waals surface area contributed by atoms with Crippen LogP contribution >= 0.6 is 0 Å². The van der Waals surface area contributed by atoms with Gasteiger partial charge in [-0.05, 0) is 18.4 Å². The number of benzene rings is 1. The quantitative estimate of drug-likeness (QED) is 0.744. The second-order valence-corrected chi connectivity index (χ2v) is 6.63. The molecule has 0 spiro atoms. The van der Waals surface area contributed by atoms with Crippen LogP contribution in [-0.4, -0.2) is 19.0 Å². The molecule has 0 N–H and O–H groups in total. The molecule has 1 aliphatic rings. The molecule has 2 aromatic rings. The van der Waals surface area contributed by atoms with Crippen LogP contribution in [-0.2, 0) is 6.54 Å². The van der Waals surface area contributed by atoms with E-state index in [-0.39, 0.29) is 0 Å². The Labute approximate surface area is 133 Å². The van der Waals surface area contributed by atoms with Crippen molar-refractivity contribution < 1.29 is 8.98 Å². The first-order chi connectivity index (χ1) is 10.7. The maximum absolute atomic E-state index is 6.02. The van der Waals surface area contributed by atoms with E-state index in [4.69, 9.17) is 4.42 Å². The van der Waals surface area contributed by atoms with E-state index in [0.29, 0.717) is 0 Å². The topological polar surface area (TPSA) is 20.3 Å². The number of fused-ring (bicyclic) bond motifs is 1. The van der Waals surface area contributed by atoms with Gasteiger partial charge in [-0.1, -0.05) is 37.8 Å². The van der Waals surface area contributed by atoms with Crippen molar-refractivity contribution in [2.75, 3.05) is 14.1 Å². The molecule has 1 aromatic carbocycles. The summed E-state index contributed by atoms with van der Waals surface area (Å²) >= 11 is 0. The Balaban J connectivity index is 1.77. The van der Waals surface area contributed by atoms with Gasteiger partial charge < -0.3 is 9.32 Å². The van der Waals surface area contributed by atoms with Crippen LogP contribution in [0, 0.1) is 5.92 Å². The highest BCUT2D eigenvalue weighted by molar-refractivity contribution is 5.69. The van der Waals surface area contributed by atoms with Gasteiger partial charge in [-0.25, -0.2) is 0 Å². The summed E-state index contributed by atoms with van der Waals surface area (Å²) in [5.41, 5.74) is 2.18. The van der Waals surface area contributed by atoms with Gasteiger partial charge in [0.2, 0.25) is 5.58 Å². The number of aryl methyl sites for hydroxylation is 1. The second-order valence-electron chi connectivity index (χ2n) is 6.63. The molecule has 0 bridgehead atoms. The van der Waals surface area contributed by atoms with Gasteiger partial charge in [0, 0.05) is 32.8 Å². The van der Waals surface area contributed by atoms with E-state index in [1.54, 1.807) is 0 Å². The Morgan fingerprint density at radius 1 is 1.23 bits per heavy atom. The monoisotopic (exact) mass is 299 g/mol. The van der Waals surface area contributed by atoms with Gasteiger partial charge in [0.25, 0.3) is 5.52 Å². The fraction of sp³-hybridized carbons (Fsp3) is 0.526. The van der Waals surface area contributed by atoms with Crippen LogP contribution in [0.25, 0.3) is 17.2 Å². The van der Waals surface area contributed by atoms with E-state index >= 15 is 0 Å². The lowest BCUT2D eigenvalue weighted by Gasteiger charge is -2.06. The number of hydrogen-bond acceptors (Lipinski definition) is 2. The van der Waals surface area contributed by atoms with Crippen molar-refractivity contribution in [1.82, 2.24) is 4.90 Å². The number of para-hydroxylation sites is 2. The SMILES string of the molecule is CN(C)/C=C/c1oc2ccccc2[n+]1CCCC1CCCC1. The van der Waals surface area contributed by atoms with Crippen LogP contribution in [0.1, 0.15) is 44.4 Å². The van der Waals surface area contributed by atoms with Gasteiger partial charge in [-0.15, -0.1) is 0 Å². The molecule has 1 aromatic heterocycles. The highest BCUT2D eigenvalue weighted by atomic mass is 16.3. The molecule has 0 atom stereocenters. The highest BCUT2D eigenvalue weighted by Gasteiger charge is 2.21. The third kappa shape index (κ3) is 3.52. The van der Waals surface area contributed by atoms with Gasteiger partial charge in [-0.2, -0.15) is 4.57 Å². The minimum atomic E-state index is 0.946. The maximum atomic E-state index is 6.02. The number of oxazole rings is 1. The summed E-state index contributed by atoms with van der Waals surface area (Å²) in [5.74, 6) is 1.90. The van der Waals surface area contributed by atoms with E-state index in [2.05, 4.69) is 28.8 Å². The smallest absolute Gasteiger partial charge is 0.375 e. The fourth-order valence-corrected chi connectivity index (χ4v) is 3.46. The van der Waals surface area contributed by atoms with Crippen molar-refractivity contribution in [2.45, 2.75) is 45.1 Å². The van der Waals surface area contributed by atoms with Crippen molar-refractivity contribution >= 4 is 17.2 Å². The molecule has 1 fully saturated rings. The molecule has 1 saturated carbocycles. The Hall–Kier alpha value is -1.77. The van der Waals surface area contributed by atoms with Gasteiger partial charge in [0.05, 0.1) is 6.08 Å². The maximum Gasteiger partial charge on any atom is 0.375 e. The third-order valence-corrected chi connectivity index (χ3v) is 4.62. The molecule has 3 rings (SSSR count). The Morgan fingerprint density at radius 2 is 2.00 bits per heavy atom. The van der Waals surface area contributed by atoms with Crippen LogP contribution in [0.2, 0.25) is 0 Å². The van der Waals surface area contributed by atoms with Crippen LogP contribution in [0.4, 0.5) is 0 Å². The van der Waals surface area contributed by atoms with Crippen molar-refractivity contribution in [3.63, 3.8) is 0 Å². The van der Waals surface area contributed by atoms with Crippen LogP contribution in [0.15, 0.2) is 34.9 Å². The van der Waals surface area contributed by atoms with Gasteiger partial charge >= 0.3 is 5.89 Å². The summed E-state index contributed by atoms with van der Waals surface area (Å²) < 4.78 is 8.35. The first-order valence-corrected chi connectivity index (χ1v) is 8.50. The Morgan fingerprint density at radius 3 is 2.77 bits per heavy atom. The zero-order valence-electron chi connectivity index (χ0n) is 13.8. The second kappa shape index (κ2) is 6.99. The van der Waals surface area contributed by atoms with E-state index in [9.17, 15) is 0 Å². The zero-order chi connectivity index (χ0) is 15.4. The summed E-state index contributed by atoms with van der Waals surface area (Å²) in [4.78, 5) is 2.04. The summed E-state index contributed by atoms with van der Waals surface area (Å²) in [5, 5.41) is 0. The summed E-state index contributed by atoms with van der Waals surface area (Å²) in [7, 11) is 4.06. The van der Waals surface area contributed by atoms with Crippen molar-refractivity contribution in [2.24, 2.45) is 5.92 Å². The number of nitrogens with zero attached hydrogens (tertiary/aromatic N) is 2. The molecule has 118 valence electrons. The van der Waals surface area contributed by atoms with Crippen LogP contribution in [0.3, 0.4) is 0 Å². The zero-order valence-corrected chi connectivity index (χ0v) is 13.8. The largest absolute Gasteiger partial charge is 0.398 e. The summed E-state index contributed by atoms with van der Waals surface area (Å²) in [6, 6.07) is 8.33. The molecule has 1 aliphatic carbocycles. The molecular formula is C19H27N2O+. The van der Waals surface area contributed by atoms with E-state index in [1.165, 1.54) is 44.0 Å². The molecule has 22 heavy (non-hydrogen) atoms. The van der Waals surface area contributed by atoms with Crippen molar-refractivity contribution in [1.29, 1.82) is 0 Å². The molecule has 0 saturated heterocycles. The molecule has 3 heteroatoms. The Kier molecular flexibility index (Phi) is 4.81. The van der Waals surface area contributed by atoms with Gasteiger partial charge in [0.1, 0.15) is 0 Å². The average Bonchev–Trinajstić information content (AvgIpc) is 3.13. The van der Waals surface area contributed by atoms with Crippen molar-refractivity contribution in [3.05, 3.63) is 36.4 Å². The lowest BCUT2D eigenvalue weighted by Crippen LogP contribution is -2.35. The first kappa shape index (κ1) is 15.1. The molecule has 0 amide bonds. The minimum Gasteiger partial charge on any atom is -0.398 e. The van der Waals surface area contributed by atoms with Crippen molar-refractivity contribution in [3.8, 4) is 0 Å². The van der Waals surface area contributed by atoms with E-state index in [0.717, 1.165) is 23.9 Å². The van der Waals surface area contributed by atoms with Crippen LogP contribution < -0.4 is 4.57 Å². The normalized spacial score (nSPS) is 16.1. The lowest BCUT2D eigenvalue weighted by atomic mass is 10.0. The predicted octanol–water partition coefficient (Wildman–Crippen LogP) is 4.22. The minimum absolute atomic E-state index is 0.946. The molecule has 0 unspecified atom stereocenters. The molecule has 1 heterocycles. The Bertz CT molecular complexity index is 636.